The molecular weight excluding hydrogens is 122 g/mol. The lowest BCUT2D eigenvalue weighted by molar-refractivity contribution is 0.414. The van der Waals surface area contributed by atoms with Gasteiger partial charge in [-0.25, -0.2) is 0 Å². The Kier molecular flexibility index (Phi) is 4.95. The fourth-order valence-corrected chi connectivity index (χ4v) is 0.717. The third kappa shape index (κ3) is 4.33. The van der Waals surface area contributed by atoms with Crippen LogP contribution in [-0.4, -0.2) is 25.5 Å². The summed E-state index contributed by atoms with van der Waals surface area (Å²) in [5.41, 5.74) is 1.33. The van der Waals surface area contributed by atoms with Gasteiger partial charge < -0.3 is 4.90 Å². The van der Waals surface area contributed by atoms with Crippen LogP contribution in [0.2, 0.25) is 0 Å². The average Bonchev–Trinajstić information content (AvgIpc) is 1.90. The molecular formula is C9H17N. The second kappa shape index (κ2) is 5.24. The Morgan fingerprint density at radius 1 is 1.50 bits per heavy atom. The van der Waals surface area contributed by atoms with Crippen LogP contribution < -0.4 is 0 Å². The highest BCUT2D eigenvalue weighted by molar-refractivity contribution is 5.14. The first kappa shape index (κ1) is 9.44. The molecule has 1 nitrogen and oxygen atoms in total. The van der Waals surface area contributed by atoms with E-state index in [0.717, 1.165) is 13.0 Å². The van der Waals surface area contributed by atoms with Crippen LogP contribution in [0.4, 0.5) is 0 Å². The van der Waals surface area contributed by atoms with E-state index < -0.39 is 0 Å². The predicted octanol–water partition coefficient (Wildman–Crippen LogP) is 2.07. The molecule has 58 valence electrons. The number of hydrogen-bond donors (Lipinski definition) is 0. The molecule has 0 atom stereocenters. The second-order valence-corrected chi connectivity index (χ2v) is 2.62. The molecule has 0 bridgehead atoms. The van der Waals surface area contributed by atoms with Gasteiger partial charge in [0.25, 0.3) is 0 Å². The van der Waals surface area contributed by atoms with Gasteiger partial charge in [-0.05, 0) is 27.4 Å². The Hall–Kier alpha value is -0.560. The minimum atomic E-state index is 1.10. The zero-order chi connectivity index (χ0) is 7.98. The molecule has 0 aromatic carbocycles. The fraction of sp³-hybridized carbons (Fsp3) is 0.556. The van der Waals surface area contributed by atoms with E-state index in [1.54, 1.807) is 0 Å². The zero-order valence-electron chi connectivity index (χ0n) is 7.22. The van der Waals surface area contributed by atoms with Gasteiger partial charge in [-0.3, -0.25) is 0 Å². The SMILES string of the molecule is C=C/C(=C/C)CCN(C)C. The molecule has 0 N–H and O–H groups in total. The fourth-order valence-electron chi connectivity index (χ4n) is 0.717. The Labute approximate surface area is 64.0 Å². The number of hydrogen-bond acceptors (Lipinski definition) is 1. The maximum atomic E-state index is 3.72. The standard InChI is InChI=1S/C9H17N/c1-5-9(6-2)7-8-10(3)4/h5-6H,1,7-8H2,2-4H3/b9-6-. The van der Waals surface area contributed by atoms with E-state index in [0.29, 0.717) is 0 Å². The highest BCUT2D eigenvalue weighted by atomic mass is 15.0. The summed E-state index contributed by atoms with van der Waals surface area (Å²) in [5, 5.41) is 0. The summed E-state index contributed by atoms with van der Waals surface area (Å²) in [5.74, 6) is 0. The van der Waals surface area contributed by atoms with Crippen molar-refractivity contribution in [2.45, 2.75) is 13.3 Å². The van der Waals surface area contributed by atoms with Gasteiger partial charge in [0, 0.05) is 6.54 Å². The first-order valence-corrected chi connectivity index (χ1v) is 3.63. The third-order valence-corrected chi connectivity index (χ3v) is 1.48. The summed E-state index contributed by atoms with van der Waals surface area (Å²) in [6.07, 6.45) is 5.13. The van der Waals surface area contributed by atoms with E-state index in [-0.39, 0.29) is 0 Å². The van der Waals surface area contributed by atoms with E-state index in [4.69, 9.17) is 0 Å². The molecule has 0 fully saturated rings. The van der Waals surface area contributed by atoms with Crippen LogP contribution >= 0.6 is 0 Å². The summed E-state index contributed by atoms with van der Waals surface area (Å²) in [7, 11) is 4.16. The summed E-state index contributed by atoms with van der Waals surface area (Å²) < 4.78 is 0. The molecule has 0 spiro atoms. The van der Waals surface area contributed by atoms with Crippen molar-refractivity contribution < 1.29 is 0 Å². The Morgan fingerprint density at radius 3 is 2.40 bits per heavy atom. The molecule has 0 rings (SSSR count). The molecule has 0 aliphatic rings. The summed E-state index contributed by atoms with van der Waals surface area (Å²) in [4.78, 5) is 2.17. The third-order valence-electron chi connectivity index (χ3n) is 1.48. The molecule has 0 saturated heterocycles. The van der Waals surface area contributed by atoms with Crippen molar-refractivity contribution in [3.05, 3.63) is 24.3 Å². The van der Waals surface area contributed by atoms with Crippen LogP contribution in [0.1, 0.15) is 13.3 Å². The van der Waals surface area contributed by atoms with Crippen molar-refractivity contribution in [3.63, 3.8) is 0 Å². The molecule has 0 aliphatic heterocycles. The molecule has 0 radical (unpaired) electrons. The van der Waals surface area contributed by atoms with E-state index in [1.807, 2.05) is 13.0 Å². The first-order chi connectivity index (χ1) is 4.70. The number of rotatable bonds is 4. The van der Waals surface area contributed by atoms with E-state index in [2.05, 4.69) is 31.7 Å². The van der Waals surface area contributed by atoms with Gasteiger partial charge >= 0.3 is 0 Å². The summed E-state index contributed by atoms with van der Waals surface area (Å²) in [6.45, 7) is 6.87. The highest BCUT2D eigenvalue weighted by Gasteiger charge is 1.91. The lowest BCUT2D eigenvalue weighted by Crippen LogP contribution is -2.13. The van der Waals surface area contributed by atoms with Gasteiger partial charge in [0.05, 0.1) is 0 Å². The molecule has 0 heterocycles. The van der Waals surface area contributed by atoms with Gasteiger partial charge in [0.15, 0.2) is 0 Å². The van der Waals surface area contributed by atoms with Gasteiger partial charge in [0.2, 0.25) is 0 Å². The number of nitrogens with zero attached hydrogens (tertiary/aromatic N) is 1. The van der Waals surface area contributed by atoms with E-state index in [9.17, 15) is 0 Å². The minimum absolute atomic E-state index is 1.10. The van der Waals surface area contributed by atoms with Crippen LogP contribution in [0.15, 0.2) is 24.3 Å². The average molecular weight is 139 g/mol. The van der Waals surface area contributed by atoms with Crippen molar-refractivity contribution >= 4 is 0 Å². The normalized spacial score (nSPS) is 12.2. The van der Waals surface area contributed by atoms with Crippen LogP contribution in [0, 0.1) is 0 Å². The van der Waals surface area contributed by atoms with Crippen molar-refractivity contribution in [2.24, 2.45) is 0 Å². The molecule has 0 saturated carbocycles. The van der Waals surface area contributed by atoms with Crippen LogP contribution in [0.25, 0.3) is 0 Å². The van der Waals surface area contributed by atoms with Crippen LogP contribution in [0.5, 0.6) is 0 Å². The van der Waals surface area contributed by atoms with Crippen molar-refractivity contribution in [1.29, 1.82) is 0 Å². The molecule has 0 amide bonds. The highest BCUT2D eigenvalue weighted by Crippen LogP contribution is 2.01. The van der Waals surface area contributed by atoms with E-state index in [1.165, 1.54) is 5.57 Å². The van der Waals surface area contributed by atoms with Crippen molar-refractivity contribution in [1.82, 2.24) is 4.90 Å². The van der Waals surface area contributed by atoms with Gasteiger partial charge in [0.1, 0.15) is 0 Å². The summed E-state index contributed by atoms with van der Waals surface area (Å²) in [6, 6.07) is 0. The van der Waals surface area contributed by atoms with Gasteiger partial charge in [-0.15, -0.1) is 0 Å². The maximum Gasteiger partial charge on any atom is 0.00156 e. The van der Waals surface area contributed by atoms with Gasteiger partial charge in [-0.1, -0.05) is 24.3 Å². The Balaban J connectivity index is 3.56. The number of allylic oxidation sites excluding steroid dienone is 2. The molecule has 0 unspecified atom stereocenters. The van der Waals surface area contributed by atoms with Crippen LogP contribution in [0.3, 0.4) is 0 Å². The lowest BCUT2D eigenvalue weighted by Gasteiger charge is -2.08. The zero-order valence-corrected chi connectivity index (χ0v) is 7.22. The molecule has 0 aromatic heterocycles. The monoisotopic (exact) mass is 139 g/mol. The first-order valence-electron chi connectivity index (χ1n) is 3.63. The smallest absolute Gasteiger partial charge is 0.00156 e. The van der Waals surface area contributed by atoms with Crippen molar-refractivity contribution in [2.75, 3.05) is 20.6 Å². The quantitative estimate of drug-likeness (QED) is 0.539. The molecule has 10 heavy (non-hydrogen) atoms. The lowest BCUT2D eigenvalue weighted by atomic mass is 10.2. The largest absolute Gasteiger partial charge is 0.309 e. The molecule has 1 heteroatoms. The van der Waals surface area contributed by atoms with Gasteiger partial charge in [-0.2, -0.15) is 0 Å². The second-order valence-electron chi connectivity index (χ2n) is 2.62. The maximum absolute atomic E-state index is 3.72. The van der Waals surface area contributed by atoms with E-state index >= 15 is 0 Å². The summed E-state index contributed by atoms with van der Waals surface area (Å²) >= 11 is 0. The van der Waals surface area contributed by atoms with Crippen LogP contribution in [-0.2, 0) is 0 Å². The van der Waals surface area contributed by atoms with Crippen molar-refractivity contribution in [3.8, 4) is 0 Å². The molecule has 0 aromatic rings. The Morgan fingerprint density at radius 2 is 2.10 bits per heavy atom. The topological polar surface area (TPSA) is 3.24 Å². The predicted molar refractivity (Wildman–Crippen MR) is 47.1 cm³/mol. The minimum Gasteiger partial charge on any atom is -0.309 e. The Bertz CT molecular complexity index is 123. The molecule has 0 aliphatic carbocycles.